The number of aromatic carboxylic acids is 1. The molecule has 4 nitrogen and oxygen atoms in total. The number of methoxy groups -OCH3 is 1. The topological polar surface area (TPSA) is 51.5 Å². The predicted octanol–water partition coefficient (Wildman–Crippen LogP) is 2.13. The lowest BCUT2D eigenvalue weighted by Gasteiger charge is -2.08. The SMILES string of the molecule is CCCCn1ccc(C(=O)O)c1COC. The fourth-order valence-corrected chi connectivity index (χ4v) is 1.54. The first kappa shape index (κ1) is 11.8. The molecule has 0 saturated carbocycles. The molecule has 84 valence electrons. The van der Waals surface area contributed by atoms with Gasteiger partial charge in [-0.1, -0.05) is 13.3 Å². The van der Waals surface area contributed by atoms with Crippen LogP contribution in [0.15, 0.2) is 12.3 Å². The molecule has 1 heterocycles. The maximum Gasteiger partial charge on any atom is 0.337 e. The molecule has 0 spiro atoms. The quantitative estimate of drug-likeness (QED) is 0.784. The minimum atomic E-state index is -0.891. The van der Waals surface area contributed by atoms with E-state index in [1.54, 1.807) is 13.2 Å². The summed E-state index contributed by atoms with van der Waals surface area (Å²) in [5, 5.41) is 8.96. The number of ether oxygens (including phenoxy) is 1. The predicted molar refractivity (Wildman–Crippen MR) is 57.0 cm³/mol. The van der Waals surface area contributed by atoms with Crippen LogP contribution in [0.1, 0.15) is 35.8 Å². The standard InChI is InChI=1S/C11H17NO3/c1-3-4-6-12-7-5-9(11(13)14)10(12)8-15-2/h5,7H,3-4,6,8H2,1-2H3,(H,13,14). The highest BCUT2D eigenvalue weighted by Gasteiger charge is 2.14. The van der Waals surface area contributed by atoms with Crippen LogP contribution in [0.5, 0.6) is 0 Å². The fourth-order valence-electron chi connectivity index (χ4n) is 1.54. The Morgan fingerprint density at radius 2 is 2.33 bits per heavy atom. The molecule has 1 aromatic heterocycles. The number of unbranched alkanes of at least 4 members (excludes halogenated alkanes) is 1. The minimum absolute atomic E-state index is 0.341. The maximum atomic E-state index is 10.9. The lowest BCUT2D eigenvalue weighted by Crippen LogP contribution is -2.08. The highest BCUT2D eigenvalue weighted by atomic mass is 16.5. The van der Waals surface area contributed by atoms with Crippen LogP contribution < -0.4 is 0 Å². The van der Waals surface area contributed by atoms with Crippen LogP contribution in [0.25, 0.3) is 0 Å². The van der Waals surface area contributed by atoms with Crippen molar-refractivity contribution in [2.24, 2.45) is 0 Å². The summed E-state index contributed by atoms with van der Waals surface area (Å²) in [7, 11) is 1.57. The molecule has 1 aromatic rings. The fraction of sp³-hybridized carbons (Fsp3) is 0.545. The van der Waals surface area contributed by atoms with Crippen LogP contribution in [0.3, 0.4) is 0 Å². The molecule has 0 saturated heterocycles. The average Bonchev–Trinajstić information content (AvgIpc) is 2.59. The van der Waals surface area contributed by atoms with E-state index in [2.05, 4.69) is 6.92 Å². The summed E-state index contributed by atoms with van der Waals surface area (Å²) < 4.78 is 6.97. The second-order valence-corrected chi connectivity index (χ2v) is 3.46. The van der Waals surface area contributed by atoms with Gasteiger partial charge in [0.1, 0.15) is 0 Å². The van der Waals surface area contributed by atoms with Gasteiger partial charge in [0.25, 0.3) is 0 Å². The molecule has 1 rings (SSSR count). The zero-order chi connectivity index (χ0) is 11.3. The van der Waals surface area contributed by atoms with Gasteiger partial charge in [-0.05, 0) is 12.5 Å². The van der Waals surface area contributed by atoms with Gasteiger partial charge in [0.2, 0.25) is 0 Å². The number of hydrogen-bond acceptors (Lipinski definition) is 2. The van der Waals surface area contributed by atoms with Crippen molar-refractivity contribution in [1.82, 2.24) is 4.57 Å². The number of carboxylic acid groups (broad SMARTS) is 1. The van der Waals surface area contributed by atoms with Crippen molar-refractivity contribution in [1.29, 1.82) is 0 Å². The van der Waals surface area contributed by atoms with Gasteiger partial charge in [-0.15, -0.1) is 0 Å². The van der Waals surface area contributed by atoms with E-state index < -0.39 is 5.97 Å². The van der Waals surface area contributed by atoms with E-state index in [1.807, 2.05) is 10.8 Å². The van der Waals surface area contributed by atoms with Crippen molar-refractivity contribution < 1.29 is 14.6 Å². The Morgan fingerprint density at radius 1 is 1.60 bits per heavy atom. The second kappa shape index (κ2) is 5.56. The third-order valence-electron chi connectivity index (χ3n) is 2.34. The first-order valence-corrected chi connectivity index (χ1v) is 5.11. The summed E-state index contributed by atoms with van der Waals surface area (Å²) in [6, 6.07) is 1.63. The Morgan fingerprint density at radius 3 is 2.87 bits per heavy atom. The Labute approximate surface area is 89.5 Å². The Bertz CT molecular complexity index is 331. The van der Waals surface area contributed by atoms with E-state index in [0.29, 0.717) is 12.2 Å². The summed E-state index contributed by atoms with van der Waals surface area (Å²) in [6.07, 6.45) is 3.95. The van der Waals surface area contributed by atoms with Gasteiger partial charge in [-0.3, -0.25) is 0 Å². The van der Waals surface area contributed by atoms with Crippen molar-refractivity contribution in [3.8, 4) is 0 Å². The largest absolute Gasteiger partial charge is 0.478 e. The second-order valence-electron chi connectivity index (χ2n) is 3.46. The van der Waals surface area contributed by atoms with Crippen LogP contribution >= 0.6 is 0 Å². The van der Waals surface area contributed by atoms with Crippen LogP contribution in [0.2, 0.25) is 0 Å². The lowest BCUT2D eigenvalue weighted by molar-refractivity contribution is 0.0691. The number of aromatic nitrogens is 1. The number of nitrogens with zero attached hydrogens (tertiary/aromatic N) is 1. The Kier molecular flexibility index (Phi) is 4.37. The first-order chi connectivity index (χ1) is 7.20. The first-order valence-electron chi connectivity index (χ1n) is 5.11. The monoisotopic (exact) mass is 211 g/mol. The van der Waals surface area contributed by atoms with E-state index in [0.717, 1.165) is 25.1 Å². The van der Waals surface area contributed by atoms with E-state index in [9.17, 15) is 4.79 Å². The van der Waals surface area contributed by atoms with Crippen LogP contribution in [0, 0.1) is 0 Å². The average molecular weight is 211 g/mol. The third kappa shape index (κ3) is 2.83. The molecule has 0 aliphatic heterocycles. The van der Waals surface area contributed by atoms with Crippen LogP contribution in [0.4, 0.5) is 0 Å². The summed E-state index contributed by atoms with van der Waals surface area (Å²) in [6.45, 7) is 3.30. The molecule has 1 N–H and O–H groups in total. The summed E-state index contributed by atoms with van der Waals surface area (Å²) in [4.78, 5) is 10.9. The number of carbonyl (C=O) groups is 1. The van der Waals surface area contributed by atoms with Gasteiger partial charge in [0.05, 0.1) is 17.9 Å². The molecule has 0 aliphatic carbocycles. The lowest BCUT2D eigenvalue weighted by atomic mass is 10.2. The van der Waals surface area contributed by atoms with Gasteiger partial charge < -0.3 is 14.4 Å². The molecule has 0 unspecified atom stereocenters. The van der Waals surface area contributed by atoms with Crippen molar-refractivity contribution >= 4 is 5.97 Å². The normalized spacial score (nSPS) is 10.5. The minimum Gasteiger partial charge on any atom is -0.478 e. The van der Waals surface area contributed by atoms with E-state index >= 15 is 0 Å². The Hall–Kier alpha value is -1.29. The van der Waals surface area contributed by atoms with Gasteiger partial charge in [0.15, 0.2) is 0 Å². The molecule has 0 fully saturated rings. The summed E-state index contributed by atoms with van der Waals surface area (Å²) in [5.41, 5.74) is 1.09. The van der Waals surface area contributed by atoms with Gasteiger partial charge in [-0.25, -0.2) is 4.79 Å². The molecule has 0 radical (unpaired) electrons. The number of rotatable bonds is 6. The zero-order valence-corrected chi connectivity index (χ0v) is 9.19. The molecular formula is C11H17NO3. The molecule has 0 atom stereocenters. The van der Waals surface area contributed by atoms with E-state index in [-0.39, 0.29) is 0 Å². The highest BCUT2D eigenvalue weighted by Crippen LogP contribution is 2.13. The molecule has 0 aliphatic rings. The van der Waals surface area contributed by atoms with Crippen molar-refractivity contribution in [3.05, 3.63) is 23.5 Å². The van der Waals surface area contributed by atoms with Crippen molar-refractivity contribution in [3.63, 3.8) is 0 Å². The molecule has 0 amide bonds. The molecule has 4 heteroatoms. The molecular weight excluding hydrogens is 194 g/mol. The summed E-state index contributed by atoms with van der Waals surface area (Å²) in [5.74, 6) is -0.891. The van der Waals surface area contributed by atoms with Gasteiger partial charge >= 0.3 is 5.97 Å². The van der Waals surface area contributed by atoms with Crippen molar-refractivity contribution in [2.75, 3.05) is 7.11 Å². The van der Waals surface area contributed by atoms with Crippen LogP contribution in [-0.4, -0.2) is 22.8 Å². The molecule has 0 aromatic carbocycles. The van der Waals surface area contributed by atoms with Gasteiger partial charge in [-0.2, -0.15) is 0 Å². The number of aryl methyl sites for hydroxylation is 1. The maximum absolute atomic E-state index is 10.9. The third-order valence-corrected chi connectivity index (χ3v) is 2.34. The van der Waals surface area contributed by atoms with E-state index in [4.69, 9.17) is 9.84 Å². The zero-order valence-electron chi connectivity index (χ0n) is 9.19. The highest BCUT2D eigenvalue weighted by molar-refractivity contribution is 5.89. The van der Waals surface area contributed by atoms with Crippen molar-refractivity contribution in [2.45, 2.75) is 32.9 Å². The smallest absolute Gasteiger partial charge is 0.337 e. The number of hydrogen-bond donors (Lipinski definition) is 1. The summed E-state index contributed by atoms with van der Waals surface area (Å²) >= 11 is 0. The van der Waals surface area contributed by atoms with Gasteiger partial charge in [0, 0.05) is 19.9 Å². The Balaban J connectivity index is 2.90. The van der Waals surface area contributed by atoms with E-state index in [1.165, 1.54) is 0 Å². The molecule has 15 heavy (non-hydrogen) atoms. The van der Waals surface area contributed by atoms with Crippen LogP contribution in [-0.2, 0) is 17.9 Å². The molecule has 0 bridgehead atoms. The number of carboxylic acids is 1.